The summed E-state index contributed by atoms with van der Waals surface area (Å²) in [5.74, 6) is 0.338. The summed E-state index contributed by atoms with van der Waals surface area (Å²) in [5.41, 5.74) is 5.95. The number of methoxy groups -OCH3 is 1. The zero-order valence-electron chi connectivity index (χ0n) is 24.2. The van der Waals surface area contributed by atoms with Gasteiger partial charge in [0.15, 0.2) is 0 Å². The first kappa shape index (κ1) is 37.6. The highest BCUT2D eigenvalue weighted by Crippen LogP contribution is 2.21. The number of rotatable bonds is 17. The number of carbonyl (C=O) groups is 2. The van der Waals surface area contributed by atoms with Gasteiger partial charge in [0.25, 0.3) is 5.91 Å². The van der Waals surface area contributed by atoms with Gasteiger partial charge < -0.3 is 35.5 Å². The van der Waals surface area contributed by atoms with E-state index in [0.29, 0.717) is 37.5 Å². The molecule has 40 heavy (non-hydrogen) atoms. The van der Waals surface area contributed by atoms with E-state index in [1.165, 1.54) is 0 Å². The smallest absolute Gasteiger partial charge is 0.255 e. The highest BCUT2D eigenvalue weighted by Gasteiger charge is 2.30. The molecule has 12 heteroatoms. The van der Waals surface area contributed by atoms with Crippen molar-refractivity contribution in [1.29, 1.82) is 0 Å². The molecule has 1 aromatic carbocycles. The fourth-order valence-electron chi connectivity index (χ4n) is 4.00. The number of hydrogen-bond donors (Lipinski definition) is 4. The molecule has 2 rings (SSSR count). The second-order valence-corrected chi connectivity index (χ2v) is 10.5. The zero-order valence-corrected chi connectivity index (χ0v) is 25.8. The Morgan fingerprint density at radius 2 is 1.77 bits per heavy atom. The van der Waals surface area contributed by atoms with Gasteiger partial charge in [0, 0.05) is 45.2 Å². The topological polar surface area (TPSA) is 141 Å². The number of hydrogen-bond acceptors (Lipinski definition) is 7. The Bertz CT molecular complexity index is 991. The van der Waals surface area contributed by atoms with E-state index in [1.54, 1.807) is 62.4 Å². The number of benzene rings is 1. The molecule has 0 aliphatic rings. The largest absolute Gasteiger partial charge is 0.493 e. The number of nitrogens with one attached hydrogen (secondary N) is 2. The maximum atomic E-state index is 13.0. The highest BCUT2D eigenvalue weighted by molar-refractivity contribution is 5.96. The Hall–Kier alpha value is -2.37. The lowest BCUT2D eigenvalue weighted by atomic mass is 9.87. The van der Waals surface area contributed by atoms with Gasteiger partial charge in [-0.05, 0) is 57.1 Å². The lowest BCUT2D eigenvalue weighted by molar-refractivity contribution is -0.128. The van der Waals surface area contributed by atoms with E-state index >= 15 is 0 Å². The predicted molar refractivity (Wildman–Crippen MR) is 161 cm³/mol. The van der Waals surface area contributed by atoms with Crippen LogP contribution in [0.5, 0.6) is 5.75 Å². The summed E-state index contributed by atoms with van der Waals surface area (Å²) in [6.07, 6.45) is 6.19. The van der Waals surface area contributed by atoms with Gasteiger partial charge in [-0.1, -0.05) is 26.0 Å². The Kier molecular flexibility index (Phi) is 17.8. The van der Waals surface area contributed by atoms with Gasteiger partial charge in [-0.25, -0.2) is 4.98 Å². The Labute approximate surface area is 250 Å². The number of ether oxygens (including phenoxy) is 2. The summed E-state index contributed by atoms with van der Waals surface area (Å²) in [4.78, 5) is 29.7. The minimum Gasteiger partial charge on any atom is -0.493 e. The highest BCUT2D eigenvalue weighted by atomic mass is 35.5. The molecule has 3 atom stereocenters. The van der Waals surface area contributed by atoms with Crippen molar-refractivity contribution in [3.63, 3.8) is 0 Å². The van der Waals surface area contributed by atoms with Crippen molar-refractivity contribution < 1.29 is 24.2 Å². The first-order valence-electron chi connectivity index (χ1n) is 13.3. The van der Waals surface area contributed by atoms with Crippen LogP contribution in [0.15, 0.2) is 43.0 Å². The molecular weight excluding hydrogens is 557 g/mol. The minimum atomic E-state index is -0.929. The number of carbonyl (C=O) groups excluding carboxylic acids is 2. The second-order valence-electron chi connectivity index (χ2n) is 10.5. The standard InChI is InChI=1S/C28H45N5O5.2ClH/c1-20(2)21(16-23(29)24(34)18-32-27(36)28(3,4)33-13-12-30-19-33)17-31-26(35)22-10-6-7-11-25(22)38-15-9-8-14-37-5;;/h6-7,10-13,19-21,23-24,34H,8-9,14-18,29H2,1-5H3,(H,31,35)(H,32,36);2*1H/t21-,23+,24+;;/m1../s1. The Balaban J connectivity index is 0.00000760. The third kappa shape index (κ3) is 11.6. The molecule has 0 bridgehead atoms. The summed E-state index contributed by atoms with van der Waals surface area (Å²) in [7, 11) is 1.67. The van der Waals surface area contributed by atoms with Gasteiger partial charge >= 0.3 is 0 Å². The van der Waals surface area contributed by atoms with Crippen molar-refractivity contribution in [2.45, 2.75) is 64.6 Å². The van der Waals surface area contributed by atoms with Crippen molar-refractivity contribution in [3.8, 4) is 5.75 Å². The van der Waals surface area contributed by atoms with Crippen molar-refractivity contribution >= 4 is 36.6 Å². The quantitative estimate of drug-likeness (QED) is 0.203. The van der Waals surface area contributed by atoms with E-state index in [9.17, 15) is 14.7 Å². The van der Waals surface area contributed by atoms with Gasteiger partial charge in [-0.2, -0.15) is 0 Å². The van der Waals surface area contributed by atoms with Crippen molar-refractivity contribution in [1.82, 2.24) is 20.2 Å². The number of para-hydroxylation sites is 1. The number of nitrogens with two attached hydrogens (primary N) is 1. The fourth-order valence-corrected chi connectivity index (χ4v) is 4.00. The monoisotopic (exact) mass is 603 g/mol. The zero-order chi connectivity index (χ0) is 28.1. The normalized spacial score (nSPS) is 13.4. The molecule has 2 amide bonds. The van der Waals surface area contributed by atoms with E-state index in [1.807, 2.05) is 6.07 Å². The molecular formula is C28H47Cl2N5O5. The molecule has 0 aliphatic heterocycles. The molecule has 5 N–H and O–H groups in total. The first-order chi connectivity index (χ1) is 18.1. The van der Waals surface area contributed by atoms with E-state index in [4.69, 9.17) is 15.2 Å². The second kappa shape index (κ2) is 18.9. The van der Waals surface area contributed by atoms with Gasteiger partial charge in [0.1, 0.15) is 11.3 Å². The third-order valence-corrected chi connectivity index (χ3v) is 6.85. The van der Waals surface area contributed by atoms with Crippen LogP contribution in [0, 0.1) is 11.8 Å². The molecule has 0 unspecified atom stereocenters. The van der Waals surface area contributed by atoms with Crippen molar-refractivity contribution in [3.05, 3.63) is 48.5 Å². The maximum absolute atomic E-state index is 13.0. The van der Waals surface area contributed by atoms with Crippen molar-refractivity contribution in [2.75, 3.05) is 33.4 Å². The van der Waals surface area contributed by atoms with E-state index < -0.39 is 17.7 Å². The fraction of sp³-hybridized carbons (Fsp3) is 0.607. The average molecular weight is 605 g/mol. The van der Waals surface area contributed by atoms with E-state index in [0.717, 1.165) is 12.8 Å². The molecule has 0 radical (unpaired) electrons. The number of imidazole rings is 1. The van der Waals surface area contributed by atoms with Gasteiger partial charge in [-0.3, -0.25) is 9.59 Å². The van der Waals surface area contributed by atoms with Crippen LogP contribution in [0.25, 0.3) is 0 Å². The van der Waals surface area contributed by atoms with Crippen LogP contribution in [0.3, 0.4) is 0 Å². The number of unbranched alkanes of at least 4 members (excludes halogenated alkanes) is 1. The predicted octanol–water partition coefficient (Wildman–Crippen LogP) is 3.16. The van der Waals surface area contributed by atoms with Crippen LogP contribution in [0.4, 0.5) is 0 Å². The summed E-state index contributed by atoms with van der Waals surface area (Å²) in [6.45, 7) is 9.28. The maximum Gasteiger partial charge on any atom is 0.255 e. The molecule has 0 spiro atoms. The Morgan fingerprint density at radius 3 is 2.40 bits per heavy atom. The van der Waals surface area contributed by atoms with E-state index in [2.05, 4.69) is 29.5 Å². The lowest BCUT2D eigenvalue weighted by Crippen LogP contribution is -2.50. The number of aliphatic hydroxyl groups is 1. The van der Waals surface area contributed by atoms with Gasteiger partial charge in [0.2, 0.25) is 5.91 Å². The van der Waals surface area contributed by atoms with Gasteiger partial charge in [0.05, 0.1) is 24.6 Å². The average Bonchev–Trinajstić information content (AvgIpc) is 3.45. The minimum absolute atomic E-state index is 0. The molecule has 0 aliphatic carbocycles. The van der Waals surface area contributed by atoms with Crippen LogP contribution < -0.4 is 21.1 Å². The molecule has 1 heterocycles. The lowest BCUT2D eigenvalue weighted by Gasteiger charge is -2.29. The number of aliphatic hydroxyl groups excluding tert-OH is 1. The number of halogens is 2. The molecule has 0 fully saturated rings. The van der Waals surface area contributed by atoms with Crippen LogP contribution in [0.1, 0.15) is 57.3 Å². The summed E-state index contributed by atoms with van der Waals surface area (Å²) in [6, 6.07) is 6.61. The molecule has 1 aromatic heterocycles. The molecule has 2 aromatic rings. The SMILES string of the molecule is COCCCCOc1ccccc1C(=O)NC[C@@H](C[C@H](N)[C@@H](O)CNC(=O)C(C)(C)n1ccnc1)C(C)C.Cl.Cl. The number of aromatic nitrogens is 2. The molecule has 0 saturated heterocycles. The number of nitrogens with zero attached hydrogens (tertiary/aromatic N) is 2. The summed E-state index contributed by atoms with van der Waals surface area (Å²) >= 11 is 0. The molecule has 228 valence electrons. The Morgan fingerprint density at radius 1 is 1.10 bits per heavy atom. The van der Waals surface area contributed by atoms with E-state index in [-0.39, 0.29) is 55.0 Å². The first-order valence-corrected chi connectivity index (χ1v) is 13.3. The van der Waals surface area contributed by atoms with Crippen LogP contribution in [-0.4, -0.2) is 72.0 Å². The summed E-state index contributed by atoms with van der Waals surface area (Å²) in [5, 5.41) is 16.5. The van der Waals surface area contributed by atoms with Crippen LogP contribution >= 0.6 is 24.8 Å². The number of amides is 2. The van der Waals surface area contributed by atoms with Crippen LogP contribution in [0.2, 0.25) is 0 Å². The summed E-state index contributed by atoms with van der Waals surface area (Å²) < 4.78 is 12.6. The third-order valence-electron chi connectivity index (χ3n) is 6.85. The van der Waals surface area contributed by atoms with Crippen molar-refractivity contribution in [2.24, 2.45) is 17.6 Å². The van der Waals surface area contributed by atoms with Crippen LogP contribution in [-0.2, 0) is 15.1 Å². The van der Waals surface area contributed by atoms with Gasteiger partial charge in [-0.15, -0.1) is 24.8 Å². The molecule has 10 nitrogen and oxygen atoms in total. The molecule has 0 saturated carbocycles.